The van der Waals surface area contributed by atoms with Crippen LogP contribution in [0.3, 0.4) is 0 Å². The molecule has 1 aliphatic heterocycles. The number of methoxy groups -OCH3 is 1. The molecule has 0 N–H and O–H groups in total. The van der Waals surface area contributed by atoms with Gasteiger partial charge in [-0.2, -0.15) is 11.8 Å². The second-order valence-corrected chi connectivity index (χ2v) is 5.26. The van der Waals surface area contributed by atoms with E-state index in [4.69, 9.17) is 4.74 Å². The molecule has 1 unspecified atom stereocenters. The fourth-order valence-electron chi connectivity index (χ4n) is 1.41. The molecule has 0 bridgehead atoms. The molecule has 1 aromatic rings. The Kier molecular flexibility index (Phi) is 3.08. The van der Waals surface area contributed by atoms with Crippen LogP contribution >= 0.6 is 23.1 Å². The number of carbonyl (C=O) groups is 1. The van der Waals surface area contributed by atoms with Gasteiger partial charge in [0.2, 0.25) is 0 Å². The lowest BCUT2D eigenvalue weighted by molar-refractivity contribution is 0.0937. The van der Waals surface area contributed by atoms with E-state index in [9.17, 15) is 4.79 Å². The van der Waals surface area contributed by atoms with E-state index in [0.29, 0.717) is 5.19 Å². The summed E-state index contributed by atoms with van der Waals surface area (Å²) in [7, 11) is 1.57. The second-order valence-electron chi connectivity index (χ2n) is 3.12. The maximum absolute atomic E-state index is 11.9. The highest BCUT2D eigenvalue weighted by atomic mass is 32.2. The Morgan fingerprint density at radius 3 is 3.14 bits per heavy atom. The van der Waals surface area contributed by atoms with Gasteiger partial charge in [0.15, 0.2) is 5.78 Å². The van der Waals surface area contributed by atoms with Gasteiger partial charge in [0.25, 0.3) is 5.19 Å². The number of hydrogen-bond donors (Lipinski definition) is 0. The molecule has 1 atom stereocenters. The van der Waals surface area contributed by atoms with Crippen molar-refractivity contribution < 1.29 is 9.53 Å². The number of ketones is 1. The number of Topliss-reactive ketones (excluding diaryl/α,β-unsaturated/α-hetero) is 1. The second kappa shape index (κ2) is 4.31. The van der Waals surface area contributed by atoms with Crippen molar-refractivity contribution in [3.8, 4) is 5.19 Å². The molecule has 3 nitrogen and oxygen atoms in total. The molecule has 14 heavy (non-hydrogen) atoms. The Morgan fingerprint density at radius 2 is 2.57 bits per heavy atom. The van der Waals surface area contributed by atoms with E-state index < -0.39 is 0 Å². The van der Waals surface area contributed by atoms with Crippen molar-refractivity contribution in [3.63, 3.8) is 0 Å². The van der Waals surface area contributed by atoms with E-state index in [1.54, 1.807) is 13.3 Å². The van der Waals surface area contributed by atoms with Crippen LogP contribution in [-0.2, 0) is 0 Å². The average molecular weight is 229 g/mol. The Balaban J connectivity index is 2.09. The van der Waals surface area contributed by atoms with Gasteiger partial charge in [-0.1, -0.05) is 11.3 Å². The van der Waals surface area contributed by atoms with Gasteiger partial charge in [-0.3, -0.25) is 4.79 Å². The molecule has 0 saturated carbocycles. The zero-order valence-corrected chi connectivity index (χ0v) is 9.49. The predicted octanol–water partition coefficient (Wildman–Crippen LogP) is 2.09. The molecule has 2 heterocycles. The number of aromatic nitrogens is 1. The molecule has 1 aliphatic rings. The SMILES string of the molecule is COc1ncc(C(=O)C2CCSC2)s1. The minimum absolute atomic E-state index is 0.199. The van der Waals surface area contributed by atoms with Gasteiger partial charge in [-0.05, 0) is 12.2 Å². The van der Waals surface area contributed by atoms with E-state index >= 15 is 0 Å². The van der Waals surface area contributed by atoms with Crippen molar-refractivity contribution in [1.82, 2.24) is 4.98 Å². The fraction of sp³-hybridized carbons (Fsp3) is 0.556. The molecule has 0 aromatic carbocycles. The molecular formula is C9H11NO2S2. The van der Waals surface area contributed by atoms with Crippen molar-refractivity contribution in [3.05, 3.63) is 11.1 Å². The molecule has 5 heteroatoms. The third-order valence-electron chi connectivity index (χ3n) is 2.20. The van der Waals surface area contributed by atoms with Crippen LogP contribution in [0.25, 0.3) is 0 Å². The predicted molar refractivity (Wildman–Crippen MR) is 58.4 cm³/mol. The topological polar surface area (TPSA) is 39.2 Å². The third-order valence-corrected chi connectivity index (χ3v) is 4.34. The normalized spacial score (nSPS) is 21.1. The zero-order chi connectivity index (χ0) is 9.97. The summed E-state index contributed by atoms with van der Waals surface area (Å²) in [5, 5.41) is 0.569. The first-order valence-electron chi connectivity index (χ1n) is 4.43. The summed E-state index contributed by atoms with van der Waals surface area (Å²) in [6, 6.07) is 0. The molecule has 76 valence electrons. The number of rotatable bonds is 3. The standard InChI is InChI=1S/C9H11NO2S2/c1-12-9-10-4-7(14-9)8(11)6-2-3-13-5-6/h4,6H,2-3,5H2,1H3. The van der Waals surface area contributed by atoms with E-state index in [1.165, 1.54) is 11.3 Å². The molecule has 0 radical (unpaired) electrons. The van der Waals surface area contributed by atoms with E-state index in [1.807, 2.05) is 11.8 Å². The Morgan fingerprint density at radius 1 is 1.71 bits per heavy atom. The molecular weight excluding hydrogens is 218 g/mol. The van der Waals surface area contributed by atoms with Crippen molar-refractivity contribution in [2.75, 3.05) is 18.6 Å². The summed E-state index contributed by atoms with van der Waals surface area (Å²) in [6.45, 7) is 0. The monoisotopic (exact) mass is 229 g/mol. The van der Waals surface area contributed by atoms with Crippen LogP contribution in [0.4, 0.5) is 0 Å². The van der Waals surface area contributed by atoms with Crippen molar-refractivity contribution in [1.29, 1.82) is 0 Å². The van der Waals surface area contributed by atoms with Crippen molar-refractivity contribution in [2.24, 2.45) is 5.92 Å². The largest absolute Gasteiger partial charge is 0.473 e. The first-order valence-corrected chi connectivity index (χ1v) is 6.40. The van der Waals surface area contributed by atoms with Gasteiger partial charge in [0.1, 0.15) is 0 Å². The van der Waals surface area contributed by atoms with Gasteiger partial charge in [-0.15, -0.1) is 0 Å². The smallest absolute Gasteiger partial charge is 0.273 e. The minimum Gasteiger partial charge on any atom is -0.473 e. The van der Waals surface area contributed by atoms with E-state index in [-0.39, 0.29) is 11.7 Å². The summed E-state index contributed by atoms with van der Waals surface area (Å²) < 4.78 is 4.96. The first kappa shape index (κ1) is 9.98. The maximum Gasteiger partial charge on any atom is 0.273 e. The number of thiazole rings is 1. The highest BCUT2D eigenvalue weighted by Gasteiger charge is 2.25. The van der Waals surface area contributed by atoms with Crippen LogP contribution in [0.1, 0.15) is 16.1 Å². The summed E-state index contributed by atoms with van der Waals surface area (Å²) in [5.74, 6) is 2.49. The fourth-order valence-corrected chi connectivity index (χ4v) is 3.38. The number of thioether (sulfide) groups is 1. The van der Waals surface area contributed by atoms with Gasteiger partial charge in [0, 0.05) is 11.7 Å². The van der Waals surface area contributed by atoms with Crippen LogP contribution < -0.4 is 4.74 Å². The number of hydrogen-bond acceptors (Lipinski definition) is 5. The molecule has 1 saturated heterocycles. The molecule has 0 spiro atoms. The quantitative estimate of drug-likeness (QED) is 0.744. The van der Waals surface area contributed by atoms with Gasteiger partial charge >= 0.3 is 0 Å². The summed E-state index contributed by atoms with van der Waals surface area (Å²) in [6.07, 6.45) is 2.62. The molecule has 0 aliphatic carbocycles. The van der Waals surface area contributed by atoms with Crippen LogP contribution in [-0.4, -0.2) is 29.4 Å². The first-order chi connectivity index (χ1) is 6.81. The van der Waals surface area contributed by atoms with Gasteiger partial charge in [-0.25, -0.2) is 4.98 Å². The highest BCUT2D eigenvalue weighted by Crippen LogP contribution is 2.29. The van der Waals surface area contributed by atoms with E-state index in [0.717, 1.165) is 22.8 Å². The van der Waals surface area contributed by atoms with Crippen LogP contribution in [0.5, 0.6) is 5.19 Å². The molecule has 1 aromatic heterocycles. The van der Waals surface area contributed by atoms with Crippen LogP contribution in [0.15, 0.2) is 6.20 Å². The molecule has 0 amide bonds. The zero-order valence-electron chi connectivity index (χ0n) is 7.86. The summed E-state index contributed by atoms with van der Waals surface area (Å²) in [4.78, 5) is 16.6. The van der Waals surface area contributed by atoms with Gasteiger partial charge in [0.05, 0.1) is 18.2 Å². The number of carbonyl (C=O) groups excluding carboxylic acids is 1. The molecule has 2 rings (SSSR count). The van der Waals surface area contributed by atoms with Crippen molar-refractivity contribution >= 4 is 28.9 Å². The van der Waals surface area contributed by atoms with E-state index in [2.05, 4.69) is 4.98 Å². The lowest BCUT2D eigenvalue weighted by Crippen LogP contribution is -2.12. The van der Waals surface area contributed by atoms with Crippen LogP contribution in [0.2, 0.25) is 0 Å². The summed E-state index contributed by atoms with van der Waals surface area (Å²) in [5.41, 5.74) is 0. The number of nitrogens with zero attached hydrogens (tertiary/aromatic N) is 1. The summed E-state index contributed by atoms with van der Waals surface area (Å²) >= 11 is 3.19. The Hall–Kier alpha value is -0.550. The lowest BCUT2D eigenvalue weighted by atomic mass is 10.0. The lowest BCUT2D eigenvalue weighted by Gasteiger charge is -2.02. The molecule has 1 fully saturated rings. The highest BCUT2D eigenvalue weighted by molar-refractivity contribution is 7.99. The Labute approximate surface area is 90.9 Å². The average Bonchev–Trinajstić information content (AvgIpc) is 2.88. The number of ether oxygens (including phenoxy) is 1. The van der Waals surface area contributed by atoms with Gasteiger partial charge < -0.3 is 4.74 Å². The minimum atomic E-state index is 0.199. The van der Waals surface area contributed by atoms with Crippen LogP contribution in [0, 0.1) is 5.92 Å². The maximum atomic E-state index is 11.9. The third kappa shape index (κ3) is 1.93. The Bertz CT molecular complexity index is 331. The van der Waals surface area contributed by atoms with Crippen molar-refractivity contribution in [2.45, 2.75) is 6.42 Å².